The van der Waals surface area contributed by atoms with Crippen molar-refractivity contribution in [3.63, 3.8) is 0 Å². The molecular weight excluding hydrogens is 336 g/mol. The lowest BCUT2D eigenvalue weighted by Gasteiger charge is -2.13. The van der Waals surface area contributed by atoms with Gasteiger partial charge in [-0.25, -0.2) is 8.42 Å². The third-order valence-corrected chi connectivity index (χ3v) is 3.97. The van der Waals surface area contributed by atoms with E-state index in [0.29, 0.717) is 0 Å². The number of carbonyl (C=O) groups is 1. The zero-order valence-electron chi connectivity index (χ0n) is 10.2. The van der Waals surface area contributed by atoms with Crippen LogP contribution in [0.5, 0.6) is 5.75 Å². The molecule has 0 fully saturated rings. The van der Waals surface area contributed by atoms with Gasteiger partial charge in [-0.1, -0.05) is 11.6 Å². The summed E-state index contributed by atoms with van der Waals surface area (Å²) in [6.45, 7) is -4.09. The molecule has 21 heavy (non-hydrogen) atoms. The molecule has 0 heterocycles. The zero-order chi connectivity index (χ0) is 16.2. The number of sulfonamides is 1. The second-order valence-corrected chi connectivity index (χ2v) is 5.79. The molecule has 0 aromatic heterocycles. The van der Waals surface area contributed by atoms with Crippen molar-refractivity contribution in [3.05, 3.63) is 23.2 Å². The first-order chi connectivity index (χ1) is 9.67. The van der Waals surface area contributed by atoms with Crippen LogP contribution in [0.2, 0.25) is 5.02 Å². The van der Waals surface area contributed by atoms with E-state index in [4.69, 9.17) is 21.8 Å². The largest absolute Gasteiger partial charge is 0.480 e. The highest BCUT2D eigenvalue weighted by Crippen LogP contribution is 2.28. The Balaban J connectivity index is 3.04. The number of nitrogens with one attached hydrogen (secondary N) is 1. The number of hydrogen-bond acceptors (Lipinski definition) is 5. The average Bonchev–Trinajstić information content (AvgIpc) is 2.37. The molecule has 0 saturated carbocycles. The summed E-state index contributed by atoms with van der Waals surface area (Å²) in [7, 11) is -4.30. The van der Waals surface area contributed by atoms with E-state index < -0.39 is 50.9 Å². The fraction of sp³-hybridized carbons (Fsp3) is 0.300. The summed E-state index contributed by atoms with van der Waals surface area (Å²) in [5.74, 6) is -2.01. The highest BCUT2D eigenvalue weighted by atomic mass is 35.5. The number of aliphatic hydroxyl groups is 1. The summed E-state index contributed by atoms with van der Waals surface area (Å²) in [5.41, 5.74) is 0. The molecule has 1 aromatic carbocycles. The van der Waals surface area contributed by atoms with Crippen LogP contribution in [0.15, 0.2) is 23.1 Å². The Kier molecular flexibility index (Phi) is 5.84. The third-order valence-electron chi connectivity index (χ3n) is 2.21. The summed E-state index contributed by atoms with van der Waals surface area (Å²) in [5, 5.41) is 17.0. The van der Waals surface area contributed by atoms with E-state index in [2.05, 4.69) is 4.74 Å². The maximum atomic E-state index is 12.0. The molecule has 0 aliphatic heterocycles. The highest BCUT2D eigenvalue weighted by Gasteiger charge is 2.25. The topological polar surface area (TPSA) is 113 Å². The first-order valence-corrected chi connectivity index (χ1v) is 7.14. The number of rotatable bonds is 7. The summed E-state index contributed by atoms with van der Waals surface area (Å²) in [4.78, 5) is 10.2. The number of halogens is 3. The quantitative estimate of drug-likeness (QED) is 0.669. The average molecular weight is 346 g/mol. The summed E-state index contributed by atoms with van der Waals surface area (Å²) >= 11 is 5.60. The molecule has 0 amide bonds. The molecule has 1 aromatic rings. The fourth-order valence-corrected chi connectivity index (χ4v) is 2.76. The van der Waals surface area contributed by atoms with E-state index in [1.54, 1.807) is 4.72 Å². The first-order valence-electron chi connectivity index (χ1n) is 5.27. The minimum Gasteiger partial charge on any atom is -0.480 e. The monoisotopic (exact) mass is 345 g/mol. The molecule has 11 heteroatoms. The van der Waals surface area contributed by atoms with Gasteiger partial charge in [0.2, 0.25) is 10.0 Å². The number of aliphatic hydroxyl groups excluding tert-OH is 1. The second-order valence-electron chi connectivity index (χ2n) is 3.67. The van der Waals surface area contributed by atoms with Crippen LogP contribution in [0, 0.1) is 0 Å². The van der Waals surface area contributed by atoms with Gasteiger partial charge in [0.15, 0.2) is 0 Å². The van der Waals surface area contributed by atoms with Gasteiger partial charge in [0.1, 0.15) is 11.8 Å². The van der Waals surface area contributed by atoms with Gasteiger partial charge in [-0.05, 0) is 18.2 Å². The minimum atomic E-state index is -4.30. The Bertz CT molecular complexity index is 624. The normalized spacial score (nSPS) is 13.2. The Labute approximate surface area is 123 Å². The maximum Gasteiger partial charge on any atom is 0.387 e. The second kappa shape index (κ2) is 6.98. The Morgan fingerprint density at radius 2 is 2.05 bits per heavy atom. The van der Waals surface area contributed by atoms with Gasteiger partial charge in [-0.2, -0.15) is 13.5 Å². The van der Waals surface area contributed by atoms with Gasteiger partial charge in [-0.3, -0.25) is 4.79 Å². The van der Waals surface area contributed by atoms with E-state index in [1.165, 1.54) is 0 Å². The molecule has 0 aliphatic rings. The van der Waals surface area contributed by atoms with Gasteiger partial charge in [0.05, 0.1) is 16.5 Å². The van der Waals surface area contributed by atoms with Crippen molar-refractivity contribution >= 4 is 27.6 Å². The molecule has 1 atom stereocenters. The SMILES string of the molecule is O=C(O)C(CO)NS(=O)(=O)c1ccc(OC(F)F)c(Cl)c1. The smallest absolute Gasteiger partial charge is 0.387 e. The van der Waals surface area contributed by atoms with E-state index in [1.807, 2.05) is 0 Å². The van der Waals surface area contributed by atoms with Crippen LogP contribution in [0.1, 0.15) is 0 Å². The van der Waals surface area contributed by atoms with E-state index in [0.717, 1.165) is 18.2 Å². The van der Waals surface area contributed by atoms with Gasteiger partial charge >= 0.3 is 12.6 Å². The third kappa shape index (κ3) is 4.77. The standard InChI is InChI=1S/C10H10ClF2NO6S/c11-6-3-5(1-2-8(6)20-10(12)13)21(18,19)14-7(4-15)9(16)17/h1-3,7,10,14-15H,4H2,(H,16,17). The number of carboxylic acid groups (broad SMARTS) is 1. The Hall–Kier alpha value is -1.49. The van der Waals surface area contributed by atoms with Crippen molar-refractivity contribution in [2.75, 3.05) is 6.61 Å². The molecule has 0 saturated heterocycles. The van der Waals surface area contributed by atoms with Crippen LogP contribution in [0.25, 0.3) is 0 Å². The van der Waals surface area contributed by atoms with Crippen LogP contribution in [0.3, 0.4) is 0 Å². The number of benzene rings is 1. The number of hydrogen-bond donors (Lipinski definition) is 3. The first kappa shape index (κ1) is 17.6. The van der Waals surface area contributed by atoms with Gasteiger partial charge in [-0.15, -0.1) is 0 Å². The predicted molar refractivity (Wildman–Crippen MR) is 66.9 cm³/mol. The number of alkyl halides is 2. The van der Waals surface area contributed by atoms with Crippen molar-refractivity contribution in [1.29, 1.82) is 0 Å². The Morgan fingerprint density at radius 3 is 2.48 bits per heavy atom. The van der Waals surface area contributed by atoms with Crippen molar-refractivity contribution in [3.8, 4) is 5.75 Å². The van der Waals surface area contributed by atoms with Crippen molar-refractivity contribution in [2.24, 2.45) is 0 Å². The summed E-state index contributed by atoms with van der Waals surface area (Å²) in [6, 6.07) is 0.878. The van der Waals surface area contributed by atoms with Gasteiger partial charge in [0.25, 0.3) is 0 Å². The fourth-order valence-electron chi connectivity index (χ4n) is 1.26. The molecule has 1 rings (SSSR count). The lowest BCUT2D eigenvalue weighted by Crippen LogP contribution is -2.43. The van der Waals surface area contributed by atoms with E-state index in [-0.39, 0.29) is 0 Å². The molecule has 7 nitrogen and oxygen atoms in total. The highest BCUT2D eigenvalue weighted by molar-refractivity contribution is 7.89. The van der Waals surface area contributed by atoms with E-state index >= 15 is 0 Å². The van der Waals surface area contributed by atoms with Gasteiger partial charge < -0.3 is 14.9 Å². The number of carboxylic acids is 1. The lowest BCUT2D eigenvalue weighted by atomic mass is 10.3. The molecule has 0 radical (unpaired) electrons. The molecule has 0 aliphatic carbocycles. The Morgan fingerprint density at radius 1 is 1.43 bits per heavy atom. The number of aliphatic carboxylic acids is 1. The van der Waals surface area contributed by atoms with Crippen LogP contribution in [-0.2, 0) is 14.8 Å². The van der Waals surface area contributed by atoms with Crippen LogP contribution in [-0.4, -0.2) is 43.9 Å². The molecule has 0 spiro atoms. The molecule has 0 bridgehead atoms. The lowest BCUT2D eigenvalue weighted by molar-refractivity contribution is -0.139. The van der Waals surface area contributed by atoms with E-state index in [9.17, 15) is 22.0 Å². The van der Waals surface area contributed by atoms with Crippen molar-refractivity contribution in [2.45, 2.75) is 17.5 Å². The predicted octanol–water partition coefficient (Wildman–Crippen LogP) is 0.665. The zero-order valence-corrected chi connectivity index (χ0v) is 11.7. The minimum absolute atomic E-state index is 0.394. The van der Waals surface area contributed by atoms with Gasteiger partial charge in [0, 0.05) is 0 Å². The molecular formula is C10H10ClF2NO6S. The maximum absolute atomic E-state index is 12.0. The van der Waals surface area contributed by atoms with Crippen LogP contribution < -0.4 is 9.46 Å². The van der Waals surface area contributed by atoms with Crippen molar-refractivity contribution in [1.82, 2.24) is 4.72 Å². The summed E-state index contributed by atoms with van der Waals surface area (Å²) in [6.07, 6.45) is 0. The summed E-state index contributed by atoms with van der Waals surface area (Å²) < 4.78 is 53.6. The molecule has 118 valence electrons. The van der Waals surface area contributed by atoms with Crippen molar-refractivity contribution < 1.29 is 36.9 Å². The number of ether oxygens (including phenoxy) is 1. The van der Waals surface area contributed by atoms with Crippen LogP contribution in [0.4, 0.5) is 8.78 Å². The molecule has 1 unspecified atom stereocenters. The molecule has 3 N–H and O–H groups in total. The van der Waals surface area contributed by atoms with Crippen LogP contribution >= 0.6 is 11.6 Å².